The van der Waals surface area contributed by atoms with Crippen LogP contribution in [0, 0.1) is 23.2 Å². The van der Waals surface area contributed by atoms with Gasteiger partial charge in [0.05, 0.1) is 0 Å². The molecule has 0 heterocycles. The Morgan fingerprint density at radius 2 is 2.27 bits per heavy atom. The van der Waals surface area contributed by atoms with Crippen molar-refractivity contribution in [1.82, 2.24) is 0 Å². The largest absolute Gasteiger partial charge is 0.0879 e. The van der Waals surface area contributed by atoms with E-state index in [4.69, 9.17) is 0 Å². The second kappa shape index (κ2) is 1.63. The molecule has 2 unspecified atom stereocenters. The van der Waals surface area contributed by atoms with Crippen LogP contribution in [0.15, 0.2) is 24.3 Å². The van der Waals surface area contributed by atoms with Crippen molar-refractivity contribution in [2.45, 2.75) is 19.8 Å². The van der Waals surface area contributed by atoms with Crippen molar-refractivity contribution in [3.05, 3.63) is 24.3 Å². The highest BCUT2D eigenvalue weighted by Crippen LogP contribution is 2.59. The summed E-state index contributed by atoms with van der Waals surface area (Å²) in [6.07, 6.45) is 12.5. The standard InChI is InChI=1S/C11H14/c1-11-6-5-8(7-11)9-3-2-4-10(9)11/h2,4-6,8-10H,3,7H2,1H3/t8-,9?,10?,11+/m1/s1. The van der Waals surface area contributed by atoms with Crippen molar-refractivity contribution in [1.29, 1.82) is 0 Å². The van der Waals surface area contributed by atoms with E-state index in [1.165, 1.54) is 12.8 Å². The molecule has 3 aliphatic rings. The molecule has 0 nitrogen and oxygen atoms in total. The van der Waals surface area contributed by atoms with Crippen LogP contribution in [0.2, 0.25) is 0 Å². The monoisotopic (exact) mass is 146 g/mol. The van der Waals surface area contributed by atoms with Gasteiger partial charge in [-0.25, -0.2) is 0 Å². The molecule has 0 radical (unpaired) electrons. The summed E-state index contributed by atoms with van der Waals surface area (Å²) in [6, 6.07) is 0. The second-order valence-corrected chi connectivity index (χ2v) is 4.59. The summed E-state index contributed by atoms with van der Waals surface area (Å²) in [4.78, 5) is 0. The van der Waals surface area contributed by atoms with E-state index in [-0.39, 0.29) is 0 Å². The zero-order valence-corrected chi connectivity index (χ0v) is 6.96. The Morgan fingerprint density at radius 1 is 1.36 bits per heavy atom. The van der Waals surface area contributed by atoms with Crippen LogP contribution in [0.5, 0.6) is 0 Å². The van der Waals surface area contributed by atoms with Gasteiger partial charge in [0.25, 0.3) is 0 Å². The second-order valence-electron chi connectivity index (χ2n) is 4.59. The molecule has 1 fully saturated rings. The van der Waals surface area contributed by atoms with Crippen molar-refractivity contribution >= 4 is 0 Å². The van der Waals surface area contributed by atoms with E-state index < -0.39 is 0 Å². The Labute approximate surface area is 68.0 Å². The molecule has 0 aliphatic heterocycles. The first-order valence-electron chi connectivity index (χ1n) is 4.66. The lowest BCUT2D eigenvalue weighted by Gasteiger charge is -2.27. The maximum Gasteiger partial charge on any atom is -0.00750 e. The van der Waals surface area contributed by atoms with Crippen LogP contribution in [0.25, 0.3) is 0 Å². The fourth-order valence-electron chi connectivity index (χ4n) is 3.35. The van der Waals surface area contributed by atoms with E-state index >= 15 is 0 Å². The van der Waals surface area contributed by atoms with Crippen molar-refractivity contribution in [2.75, 3.05) is 0 Å². The first-order valence-corrected chi connectivity index (χ1v) is 4.66. The van der Waals surface area contributed by atoms with Gasteiger partial charge in [0.1, 0.15) is 0 Å². The molecule has 0 amide bonds. The molecule has 0 aromatic carbocycles. The first-order chi connectivity index (χ1) is 5.30. The summed E-state index contributed by atoms with van der Waals surface area (Å²) >= 11 is 0. The lowest BCUT2D eigenvalue weighted by atomic mass is 9.77. The minimum Gasteiger partial charge on any atom is -0.0879 e. The highest BCUT2D eigenvalue weighted by molar-refractivity contribution is 5.26. The van der Waals surface area contributed by atoms with Crippen molar-refractivity contribution in [3.8, 4) is 0 Å². The van der Waals surface area contributed by atoms with Crippen molar-refractivity contribution in [2.24, 2.45) is 23.2 Å². The average molecular weight is 146 g/mol. The van der Waals surface area contributed by atoms with E-state index in [0.717, 1.165) is 17.8 Å². The van der Waals surface area contributed by atoms with Crippen LogP contribution in [-0.2, 0) is 0 Å². The Morgan fingerprint density at radius 3 is 3.09 bits per heavy atom. The molecule has 0 aromatic rings. The molecule has 2 bridgehead atoms. The van der Waals surface area contributed by atoms with Gasteiger partial charge in [-0.05, 0) is 36.0 Å². The van der Waals surface area contributed by atoms with E-state index in [2.05, 4.69) is 31.2 Å². The maximum absolute atomic E-state index is 2.45. The summed E-state index contributed by atoms with van der Waals surface area (Å²) in [5.41, 5.74) is 0.544. The van der Waals surface area contributed by atoms with Gasteiger partial charge < -0.3 is 0 Å². The van der Waals surface area contributed by atoms with Crippen LogP contribution in [0.1, 0.15) is 19.8 Å². The zero-order valence-electron chi connectivity index (χ0n) is 6.96. The SMILES string of the molecule is C[C@]12C=C[C@H](C1)C1CC=CC12. The van der Waals surface area contributed by atoms with Crippen LogP contribution in [0.4, 0.5) is 0 Å². The molecule has 11 heavy (non-hydrogen) atoms. The van der Waals surface area contributed by atoms with Gasteiger partial charge in [-0.15, -0.1) is 0 Å². The fraction of sp³-hybridized carbons (Fsp3) is 0.636. The molecule has 0 N–H and O–H groups in total. The predicted molar refractivity (Wildman–Crippen MR) is 46.1 cm³/mol. The molecular formula is C11H14. The molecule has 0 aromatic heterocycles. The Balaban J connectivity index is 2.09. The third-order valence-corrected chi connectivity index (χ3v) is 3.92. The molecule has 4 atom stereocenters. The van der Waals surface area contributed by atoms with Gasteiger partial charge in [0.2, 0.25) is 0 Å². The average Bonchev–Trinajstić information content (AvgIpc) is 2.53. The van der Waals surface area contributed by atoms with Gasteiger partial charge in [-0.2, -0.15) is 0 Å². The molecule has 3 rings (SSSR count). The molecule has 3 aliphatic carbocycles. The molecular weight excluding hydrogens is 132 g/mol. The van der Waals surface area contributed by atoms with E-state index in [1.807, 2.05) is 0 Å². The minimum absolute atomic E-state index is 0.544. The number of hydrogen-bond donors (Lipinski definition) is 0. The minimum atomic E-state index is 0.544. The third kappa shape index (κ3) is 0.571. The molecule has 0 spiro atoms. The lowest BCUT2D eigenvalue weighted by molar-refractivity contribution is 0.318. The fourth-order valence-corrected chi connectivity index (χ4v) is 3.35. The summed E-state index contributed by atoms with van der Waals surface area (Å²) in [5, 5.41) is 0. The van der Waals surface area contributed by atoms with Crippen LogP contribution in [-0.4, -0.2) is 0 Å². The van der Waals surface area contributed by atoms with Crippen molar-refractivity contribution < 1.29 is 0 Å². The number of rotatable bonds is 0. The van der Waals surface area contributed by atoms with Crippen LogP contribution < -0.4 is 0 Å². The Hall–Kier alpha value is -0.520. The van der Waals surface area contributed by atoms with Crippen molar-refractivity contribution in [3.63, 3.8) is 0 Å². The van der Waals surface area contributed by atoms with E-state index in [1.54, 1.807) is 0 Å². The van der Waals surface area contributed by atoms with Crippen LogP contribution in [0.3, 0.4) is 0 Å². The Kier molecular flexibility index (Phi) is 0.894. The summed E-state index contributed by atoms with van der Waals surface area (Å²) < 4.78 is 0. The highest BCUT2D eigenvalue weighted by Gasteiger charge is 2.51. The summed E-state index contributed by atoms with van der Waals surface area (Å²) in [6.45, 7) is 2.42. The number of fused-ring (bicyclic) bond motifs is 5. The van der Waals surface area contributed by atoms with Gasteiger partial charge in [0, 0.05) is 0 Å². The number of hydrogen-bond acceptors (Lipinski definition) is 0. The molecule has 58 valence electrons. The third-order valence-electron chi connectivity index (χ3n) is 3.92. The topological polar surface area (TPSA) is 0 Å². The smallest absolute Gasteiger partial charge is 0.00750 e. The first kappa shape index (κ1) is 6.05. The number of allylic oxidation sites excluding steroid dienone is 4. The summed E-state index contributed by atoms with van der Waals surface area (Å²) in [5.74, 6) is 2.78. The quantitative estimate of drug-likeness (QED) is 0.461. The van der Waals surface area contributed by atoms with Gasteiger partial charge in [0.15, 0.2) is 0 Å². The van der Waals surface area contributed by atoms with Gasteiger partial charge in [-0.1, -0.05) is 31.2 Å². The van der Waals surface area contributed by atoms with Crippen LogP contribution >= 0.6 is 0 Å². The summed E-state index contributed by atoms with van der Waals surface area (Å²) in [7, 11) is 0. The maximum atomic E-state index is 2.45. The predicted octanol–water partition coefficient (Wildman–Crippen LogP) is 2.77. The molecule has 0 saturated heterocycles. The Bertz CT molecular complexity index is 249. The molecule has 1 saturated carbocycles. The van der Waals surface area contributed by atoms with Gasteiger partial charge >= 0.3 is 0 Å². The highest BCUT2D eigenvalue weighted by atomic mass is 14.6. The zero-order chi connectivity index (χ0) is 7.47. The molecule has 0 heteroatoms. The van der Waals surface area contributed by atoms with E-state index in [9.17, 15) is 0 Å². The van der Waals surface area contributed by atoms with Gasteiger partial charge in [-0.3, -0.25) is 0 Å². The lowest BCUT2D eigenvalue weighted by Crippen LogP contribution is -2.20. The van der Waals surface area contributed by atoms with E-state index in [0.29, 0.717) is 5.41 Å². The normalized spacial score (nSPS) is 57.4.